The van der Waals surface area contributed by atoms with Gasteiger partial charge < -0.3 is 0 Å². The number of hydrogen-bond donors (Lipinski definition) is 2. The smallest absolute Gasteiger partial charge is 0.128 e. The van der Waals surface area contributed by atoms with Crippen LogP contribution in [0.2, 0.25) is 0 Å². The van der Waals surface area contributed by atoms with Crippen LogP contribution in [-0.2, 0) is 0 Å². The minimum Gasteiger partial charge on any atom is -0.271 e. The molecular formula is C12H19FN2. The van der Waals surface area contributed by atoms with Gasteiger partial charge in [0.15, 0.2) is 0 Å². The highest BCUT2D eigenvalue weighted by Gasteiger charge is 2.15. The van der Waals surface area contributed by atoms with E-state index in [-0.39, 0.29) is 11.9 Å². The van der Waals surface area contributed by atoms with Crippen molar-refractivity contribution in [3.05, 3.63) is 35.1 Å². The van der Waals surface area contributed by atoms with E-state index in [2.05, 4.69) is 19.3 Å². The molecule has 15 heavy (non-hydrogen) atoms. The van der Waals surface area contributed by atoms with Crippen LogP contribution in [0.5, 0.6) is 0 Å². The summed E-state index contributed by atoms with van der Waals surface area (Å²) in [6.45, 7) is 6.14. The van der Waals surface area contributed by atoms with Gasteiger partial charge in [0.1, 0.15) is 5.82 Å². The molecule has 0 aliphatic rings. The molecule has 0 fully saturated rings. The Balaban J connectivity index is 2.95. The first-order valence-corrected chi connectivity index (χ1v) is 5.26. The SMILES string of the molecule is Cc1ccc(F)c(C(CC(C)C)NN)c1. The molecule has 1 atom stereocenters. The third-order valence-electron chi connectivity index (χ3n) is 2.44. The maximum Gasteiger partial charge on any atom is 0.128 e. The summed E-state index contributed by atoms with van der Waals surface area (Å²) in [5, 5.41) is 0. The van der Waals surface area contributed by atoms with Crippen LogP contribution in [0.15, 0.2) is 18.2 Å². The fourth-order valence-electron chi connectivity index (χ4n) is 1.69. The molecule has 0 spiro atoms. The zero-order valence-corrected chi connectivity index (χ0v) is 9.55. The Hall–Kier alpha value is -0.930. The highest BCUT2D eigenvalue weighted by atomic mass is 19.1. The lowest BCUT2D eigenvalue weighted by Crippen LogP contribution is -2.29. The second-order valence-corrected chi connectivity index (χ2v) is 4.37. The first kappa shape index (κ1) is 12.1. The number of aryl methyl sites for hydroxylation is 1. The lowest BCUT2D eigenvalue weighted by molar-refractivity contribution is 0.423. The van der Waals surface area contributed by atoms with Crippen molar-refractivity contribution >= 4 is 0 Å². The number of benzene rings is 1. The molecular weight excluding hydrogens is 191 g/mol. The third kappa shape index (κ3) is 3.29. The van der Waals surface area contributed by atoms with Crippen molar-refractivity contribution in [1.29, 1.82) is 0 Å². The molecule has 0 aromatic heterocycles. The average molecular weight is 210 g/mol. The van der Waals surface area contributed by atoms with E-state index < -0.39 is 0 Å². The Morgan fingerprint density at radius 1 is 1.40 bits per heavy atom. The standard InChI is InChI=1S/C12H19FN2/c1-8(2)6-12(15-14)10-7-9(3)4-5-11(10)13/h4-5,7-8,12,15H,6,14H2,1-3H3. The molecule has 0 bridgehead atoms. The molecule has 1 aromatic rings. The summed E-state index contributed by atoms with van der Waals surface area (Å²) >= 11 is 0. The van der Waals surface area contributed by atoms with Crippen LogP contribution in [0, 0.1) is 18.7 Å². The summed E-state index contributed by atoms with van der Waals surface area (Å²) in [5.41, 5.74) is 4.39. The van der Waals surface area contributed by atoms with Gasteiger partial charge in [0.25, 0.3) is 0 Å². The van der Waals surface area contributed by atoms with Gasteiger partial charge in [0, 0.05) is 11.6 Å². The van der Waals surface area contributed by atoms with E-state index in [1.54, 1.807) is 6.07 Å². The predicted octanol–water partition coefficient (Wildman–Crippen LogP) is 2.68. The van der Waals surface area contributed by atoms with Crippen LogP contribution in [0.3, 0.4) is 0 Å². The Morgan fingerprint density at radius 2 is 2.07 bits per heavy atom. The second kappa shape index (κ2) is 5.24. The minimum atomic E-state index is -0.191. The fourth-order valence-corrected chi connectivity index (χ4v) is 1.69. The molecule has 0 amide bonds. The highest BCUT2D eigenvalue weighted by molar-refractivity contribution is 5.26. The number of hydrazine groups is 1. The summed E-state index contributed by atoms with van der Waals surface area (Å²) in [5.74, 6) is 5.74. The van der Waals surface area contributed by atoms with Crippen LogP contribution in [0.1, 0.15) is 37.4 Å². The van der Waals surface area contributed by atoms with Gasteiger partial charge >= 0.3 is 0 Å². The topological polar surface area (TPSA) is 38.0 Å². The van der Waals surface area contributed by atoms with Crippen molar-refractivity contribution < 1.29 is 4.39 Å². The molecule has 84 valence electrons. The molecule has 0 saturated carbocycles. The number of nitrogens with one attached hydrogen (secondary N) is 1. The molecule has 2 nitrogen and oxygen atoms in total. The number of nitrogens with two attached hydrogens (primary N) is 1. The van der Waals surface area contributed by atoms with Crippen LogP contribution >= 0.6 is 0 Å². The number of hydrogen-bond acceptors (Lipinski definition) is 2. The quantitative estimate of drug-likeness (QED) is 0.592. The molecule has 0 saturated heterocycles. The molecule has 1 rings (SSSR count). The molecule has 0 aliphatic carbocycles. The third-order valence-corrected chi connectivity index (χ3v) is 2.44. The van der Waals surface area contributed by atoms with E-state index in [0.29, 0.717) is 11.5 Å². The Bertz CT molecular complexity index is 323. The van der Waals surface area contributed by atoms with Gasteiger partial charge in [-0.2, -0.15) is 0 Å². The van der Waals surface area contributed by atoms with Crippen molar-refractivity contribution in [1.82, 2.24) is 5.43 Å². The number of halogens is 1. The molecule has 0 aliphatic heterocycles. The van der Waals surface area contributed by atoms with Crippen molar-refractivity contribution in [2.24, 2.45) is 11.8 Å². The molecule has 3 N–H and O–H groups in total. The highest BCUT2D eigenvalue weighted by Crippen LogP contribution is 2.23. The summed E-state index contributed by atoms with van der Waals surface area (Å²) in [4.78, 5) is 0. The van der Waals surface area contributed by atoms with Gasteiger partial charge in [-0.25, -0.2) is 4.39 Å². The van der Waals surface area contributed by atoms with E-state index >= 15 is 0 Å². The average Bonchev–Trinajstić information content (AvgIpc) is 2.18. The van der Waals surface area contributed by atoms with Crippen LogP contribution in [-0.4, -0.2) is 0 Å². The van der Waals surface area contributed by atoms with E-state index in [0.717, 1.165) is 12.0 Å². The van der Waals surface area contributed by atoms with E-state index in [4.69, 9.17) is 5.84 Å². The van der Waals surface area contributed by atoms with Gasteiger partial charge in [0.2, 0.25) is 0 Å². The van der Waals surface area contributed by atoms with Crippen LogP contribution in [0.25, 0.3) is 0 Å². The second-order valence-electron chi connectivity index (χ2n) is 4.37. The Kier molecular flexibility index (Phi) is 4.24. The maximum absolute atomic E-state index is 13.6. The van der Waals surface area contributed by atoms with E-state index in [1.807, 2.05) is 13.0 Å². The molecule has 3 heteroatoms. The lowest BCUT2D eigenvalue weighted by Gasteiger charge is -2.19. The molecule has 0 radical (unpaired) electrons. The fraction of sp³-hybridized carbons (Fsp3) is 0.500. The van der Waals surface area contributed by atoms with Gasteiger partial charge in [-0.05, 0) is 25.3 Å². The summed E-state index contributed by atoms with van der Waals surface area (Å²) in [7, 11) is 0. The maximum atomic E-state index is 13.6. The van der Waals surface area contributed by atoms with Gasteiger partial charge in [-0.15, -0.1) is 0 Å². The zero-order chi connectivity index (χ0) is 11.4. The van der Waals surface area contributed by atoms with Crippen molar-refractivity contribution in [3.8, 4) is 0 Å². The summed E-state index contributed by atoms with van der Waals surface area (Å²) in [6.07, 6.45) is 0.830. The minimum absolute atomic E-state index is 0.107. The monoisotopic (exact) mass is 210 g/mol. The summed E-state index contributed by atoms with van der Waals surface area (Å²) in [6, 6.07) is 5.00. The predicted molar refractivity (Wildman–Crippen MR) is 60.7 cm³/mol. The number of rotatable bonds is 4. The summed E-state index contributed by atoms with van der Waals surface area (Å²) < 4.78 is 13.6. The van der Waals surface area contributed by atoms with Gasteiger partial charge in [-0.3, -0.25) is 11.3 Å². The molecule has 0 heterocycles. The van der Waals surface area contributed by atoms with Crippen molar-refractivity contribution in [3.63, 3.8) is 0 Å². The van der Waals surface area contributed by atoms with Gasteiger partial charge in [-0.1, -0.05) is 31.5 Å². The Labute approximate surface area is 90.6 Å². The largest absolute Gasteiger partial charge is 0.271 e. The molecule has 1 unspecified atom stereocenters. The van der Waals surface area contributed by atoms with E-state index in [1.165, 1.54) is 6.07 Å². The van der Waals surface area contributed by atoms with Crippen LogP contribution < -0.4 is 11.3 Å². The van der Waals surface area contributed by atoms with Crippen molar-refractivity contribution in [2.75, 3.05) is 0 Å². The van der Waals surface area contributed by atoms with Crippen LogP contribution in [0.4, 0.5) is 4.39 Å². The van der Waals surface area contributed by atoms with Crippen molar-refractivity contribution in [2.45, 2.75) is 33.2 Å². The normalized spacial score (nSPS) is 13.2. The Morgan fingerprint density at radius 3 is 2.60 bits per heavy atom. The zero-order valence-electron chi connectivity index (χ0n) is 9.55. The lowest BCUT2D eigenvalue weighted by atomic mass is 9.96. The molecule has 1 aromatic carbocycles. The first-order valence-electron chi connectivity index (χ1n) is 5.26. The first-order chi connectivity index (χ1) is 7.04. The van der Waals surface area contributed by atoms with Gasteiger partial charge in [0.05, 0.1) is 0 Å². The van der Waals surface area contributed by atoms with E-state index in [9.17, 15) is 4.39 Å².